The maximum atomic E-state index is 13.3. The zero-order valence-corrected chi connectivity index (χ0v) is 11.7. The predicted molar refractivity (Wildman–Crippen MR) is 76.3 cm³/mol. The summed E-state index contributed by atoms with van der Waals surface area (Å²) in [5, 5.41) is 6.47. The van der Waals surface area contributed by atoms with E-state index >= 15 is 0 Å². The van der Waals surface area contributed by atoms with E-state index < -0.39 is 23.2 Å². The molecule has 7 heteroatoms. The number of halogens is 2. The Morgan fingerprint density at radius 3 is 2.43 bits per heavy atom. The lowest BCUT2D eigenvalue weighted by molar-refractivity contribution is -0.116. The number of anilines is 1. The quantitative estimate of drug-likeness (QED) is 0.892. The molecule has 0 saturated heterocycles. The molecular weight excluding hydrogens is 298 g/mol. The summed E-state index contributed by atoms with van der Waals surface area (Å²) < 4.78 is 26.6. The minimum atomic E-state index is -0.842. The number of carbonyl (C=O) groups is 2. The maximum absolute atomic E-state index is 13.3. The third-order valence-electron chi connectivity index (χ3n) is 2.61. The van der Waals surface area contributed by atoms with Crippen molar-refractivity contribution in [2.24, 2.45) is 0 Å². The van der Waals surface area contributed by atoms with Crippen LogP contribution in [0.5, 0.6) is 0 Å². The molecule has 0 fully saturated rings. The van der Waals surface area contributed by atoms with Crippen LogP contribution in [0.1, 0.15) is 16.1 Å². The van der Waals surface area contributed by atoms with E-state index in [-0.39, 0.29) is 18.9 Å². The molecule has 110 valence electrons. The molecule has 2 rings (SSSR count). The fraction of sp³-hybridized carbons (Fsp3) is 0.143. The first kappa shape index (κ1) is 15.1. The summed E-state index contributed by atoms with van der Waals surface area (Å²) in [6.07, 6.45) is -0.0785. The van der Waals surface area contributed by atoms with Crippen molar-refractivity contribution < 1.29 is 18.4 Å². The number of amides is 2. The molecule has 0 atom stereocenters. The SMILES string of the molecule is O=C(CCNC(=O)c1cccs1)Nc1c(F)cccc1F. The number of para-hydroxylation sites is 1. The van der Waals surface area contributed by atoms with E-state index in [1.807, 2.05) is 0 Å². The molecule has 0 unspecified atom stereocenters. The first-order valence-electron chi connectivity index (χ1n) is 6.13. The molecule has 0 bridgehead atoms. The fourth-order valence-electron chi connectivity index (χ4n) is 1.60. The highest BCUT2D eigenvalue weighted by Crippen LogP contribution is 2.17. The second-order valence-electron chi connectivity index (χ2n) is 4.13. The van der Waals surface area contributed by atoms with E-state index in [0.29, 0.717) is 4.88 Å². The van der Waals surface area contributed by atoms with E-state index in [2.05, 4.69) is 10.6 Å². The lowest BCUT2D eigenvalue weighted by Gasteiger charge is -2.08. The summed E-state index contributed by atoms with van der Waals surface area (Å²) >= 11 is 1.28. The lowest BCUT2D eigenvalue weighted by atomic mass is 10.2. The number of benzene rings is 1. The van der Waals surface area contributed by atoms with Gasteiger partial charge in [-0.05, 0) is 23.6 Å². The minimum Gasteiger partial charge on any atom is -0.351 e. The molecule has 21 heavy (non-hydrogen) atoms. The van der Waals surface area contributed by atoms with Crippen LogP contribution in [0.3, 0.4) is 0 Å². The second-order valence-corrected chi connectivity index (χ2v) is 5.08. The van der Waals surface area contributed by atoms with Crippen LogP contribution in [0.2, 0.25) is 0 Å². The molecule has 0 spiro atoms. The van der Waals surface area contributed by atoms with Crippen LogP contribution < -0.4 is 10.6 Å². The van der Waals surface area contributed by atoms with Crippen LogP contribution in [0.25, 0.3) is 0 Å². The van der Waals surface area contributed by atoms with E-state index in [9.17, 15) is 18.4 Å². The van der Waals surface area contributed by atoms with Gasteiger partial charge >= 0.3 is 0 Å². The Morgan fingerprint density at radius 2 is 1.81 bits per heavy atom. The van der Waals surface area contributed by atoms with Crippen LogP contribution >= 0.6 is 11.3 Å². The van der Waals surface area contributed by atoms with Gasteiger partial charge in [0.05, 0.1) is 4.88 Å². The predicted octanol–water partition coefficient (Wildman–Crippen LogP) is 2.78. The average molecular weight is 310 g/mol. The van der Waals surface area contributed by atoms with Crippen molar-refractivity contribution in [3.05, 3.63) is 52.2 Å². The summed E-state index contributed by atoms with van der Waals surface area (Å²) in [4.78, 5) is 23.7. The van der Waals surface area contributed by atoms with Crippen LogP contribution in [0.4, 0.5) is 14.5 Å². The van der Waals surface area contributed by atoms with Crippen LogP contribution in [-0.2, 0) is 4.79 Å². The highest BCUT2D eigenvalue weighted by atomic mass is 32.1. The Labute approximate surface area is 123 Å². The van der Waals surface area contributed by atoms with Gasteiger partial charge in [0.1, 0.15) is 17.3 Å². The molecular formula is C14H12F2N2O2S. The molecule has 4 nitrogen and oxygen atoms in total. The van der Waals surface area contributed by atoms with E-state index in [1.54, 1.807) is 17.5 Å². The summed E-state index contributed by atoms with van der Waals surface area (Å²) in [7, 11) is 0. The maximum Gasteiger partial charge on any atom is 0.261 e. The molecule has 1 heterocycles. The molecule has 0 radical (unpaired) electrons. The molecule has 0 aliphatic heterocycles. The fourth-order valence-corrected chi connectivity index (χ4v) is 2.24. The second kappa shape index (κ2) is 6.94. The number of hydrogen-bond donors (Lipinski definition) is 2. The molecule has 0 saturated carbocycles. The van der Waals surface area contributed by atoms with Gasteiger partial charge in [0.2, 0.25) is 5.91 Å². The smallest absolute Gasteiger partial charge is 0.261 e. The van der Waals surface area contributed by atoms with E-state index in [0.717, 1.165) is 12.1 Å². The topological polar surface area (TPSA) is 58.2 Å². The van der Waals surface area contributed by atoms with Crippen LogP contribution in [0, 0.1) is 11.6 Å². The zero-order valence-electron chi connectivity index (χ0n) is 10.9. The van der Waals surface area contributed by atoms with Crippen molar-refractivity contribution >= 4 is 28.8 Å². The first-order chi connectivity index (χ1) is 10.1. The Morgan fingerprint density at radius 1 is 1.10 bits per heavy atom. The van der Waals surface area contributed by atoms with Gasteiger partial charge in [-0.15, -0.1) is 11.3 Å². The van der Waals surface area contributed by atoms with Gasteiger partial charge in [-0.25, -0.2) is 8.78 Å². The molecule has 2 N–H and O–H groups in total. The van der Waals surface area contributed by atoms with Gasteiger partial charge in [-0.2, -0.15) is 0 Å². The number of carbonyl (C=O) groups excluding carboxylic acids is 2. The third kappa shape index (κ3) is 4.09. The Hall–Kier alpha value is -2.28. The van der Waals surface area contributed by atoms with Gasteiger partial charge in [-0.1, -0.05) is 12.1 Å². The van der Waals surface area contributed by atoms with Crippen molar-refractivity contribution in [1.82, 2.24) is 5.32 Å². The van der Waals surface area contributed by atoms with Gasteiger partial charge in [0.25, 0.3) is 5.91 Å². The third-order valence-corrected chi connectivity index (χ3v) is 3.48. The van der Waals surface area contributed by atoms with E-state index in [4.69, 9.17) is 0 Å². The minimum absolute atomic E-state index is 0.0785. The average Bonchev–Trinajstić information content (AvgIpc) is 2.97. The monoisotopic (exact) mass is 310 g/mol. The number of thiophene rings is 1. The molecule has 2 amide bonds. The summed E-state index contributed by atoms with van der Waals surface area (Å²) in [5.74, 6) is -2.54. The van der Waals surface area contributed by atoms with Crippen molar-refractivity contribution in [1.29, 1.82) is 0 Å². The van der Waals surface area contributed by atoms with Crippen LogP contribution in [0.15, 0.2) is 35.7 Å². The molecule has 1 aromatic carbocycles. The normalized spacial score (nSPS) is 10.2. The lowest BCUT2D eigenvalue weighted by Crippen LogP contribution is -2.27. The van der Waals surface area contributed by atoms with Crippen molar-refractivity contribution in [2.75, 3.05) is 11.9 Å². The van der Waals surface area contributed by atoms with Crippen LogP contribution in [-0.4, -0.2) is 18.4 Å². The van der Waals surface area contributed by atoms with Gasteiger partial charge in [-0.3, -0.25) is 9.59 Å². The van der Waals surface area contributed by atoms with Gasteiger partial charge < -0.3 is 10.6 Å². The number of rotatable bonds is 5. The van der Waals surface area contributed by atoms with Crippen molar-refractivity contribution in [3.8, 4) is 0 Å². The largest absolute Gasteiger partial charge is 0.351 e. The first-order valence-corrected chi connectivity index (χ1v) is 7.01. The van der Waals surface area contributed by atoms with Gasteiger partial charge in [0.15, 0.2) is 0 Å². The summed E-state index contributed by atoms with van der Waals surface area (Å²) in [5.41, 5.74) is -0.480. The molecule has 1 aromatic heterocycles. The zero-order chi connectivity index (χ0) is 15.2. The standard InChI is InChI=1S/C14H12F2N2O2S/c15-9-3-1-4-10(16)13(9)18-12(19)6-7-17-14(20)11-5-2-8-21-11/h1-5,8H,6-7H2,(H,17,20)(H,18,19). The molecule has 2 aromatic rings. The highest BCUT2D eigenvalue weighted by Gasteiger charge is 2.12. The number of hydrogen-bond acceptors (Lipinski definition) is 3. The Kier molecular flexibility index (Phi) is 4.99. The number of nitrogens with one attached hydrogen (secondary N) is 2. The Balaban J connectivity index is 1.82. The van der Waals surface area contributed by atoms with E-state index in [1.165, 1.54) is 17.4 Å². The van der Waals surface area contributed by atoms with Crippen molar-refractivity contribution in [2.45, 2.75) is 6.42 Å². The summed E-state index contributed by atoms with van der Waals surface area (Å²) in [6.45, 7) is 0.0820. The van der Waals surface area contributed by atoms with Gasteiger partial charge in [0, 0.05) is 13.0 Å². The summed E-state index contributed by atoms with van der Waals surface area (Å²) in [6, 6.07) is 6.72. The molecule has 0 aliphatic carbocycles. The highest BCUT2D eigenvalue weighted by molar-refractivity contribution is 7.12. The molecule has 0 aliphatic rings. The van der Waals surface area contributed by atoms with Crippen molar-refractivity contribution in [3.63, 3.8) is 0 Å². The Bertz CT molecular complexity index is 624.